The van der Waals surface area contributed by atoms with Crippen molar-refractivity contribution in [1.82, 2.24) is 4.31 Å². The number of ether oxygens (including phenoxy) is 1. The Morgan fingerprint density at radius 2 is 1.71 bits per heavy atom. The van der Waals surface area contributed by atoms with E-state index in [4.69, 9.17) is 0 Å². The molecule has 0 atom stereocenters. The Balaban J connectivity index is 2.16. The van der Waals surface area contributed by atoms with Crippen molar-refractivity contribution in [2.24, 2.45) is 0 Å². The minimum Gasteiger partial charge on any atom is -0.465 e. The molecule has 1 N–H and O–H groups in total. The van der Waals surface area contributed by atoms with E-state index < -0.39 is 21.9 Å². The molecule has 0 heterocycles. The van der Waals surface area contributed by atoms with Crippen LogP contribution in [0.25, 0.3) is 0 Å². The number of benzene rings is 2. The van der Waals surface area contributed by atoms with E-state index in [9.17, 15) is 18.0 Å². The fourth-order valence-electron chi connectivity index (χ4n) is 2.54. The monoisotopic (exact) mass is 404 g/mol. The minimum absolute atomic E-state index is 0.0910. The van der Waals surface area contributed by atoms with Crippen molar-refractivity contribution in [3.63, 3.8) is 0 Å². The van der Waals surface area contributed by atoms with Crippen molar-refractivity contribution in [1.29, 1.82) is 0 Å². The number of hydrogen-bond donors (Lipinski definition) is 1. The first-order valence-corrected chi connectivity index (χ1v) is 10.4. The standard InChI is InChI=1S/C20H24N2O5S/c1-14-5-8-16(9-6-14)12-22(28(4,25)26)13-19(23)21-18-11-17(20(24)27-3)10-7-15(18)2/h5-11H,12-13H2,1-4H3,(H,21,23). The van der Waals surface area contributed by atoms with Crippen LogP contribution in [0.1, 0.15) is 27.0 Å². The molecule has 0 aliphatic carbocycles. The van der Waals surface area contributed by atoms with Gasteiger partial charge in [0.05, 0.1) is 25.5 Å². The molecule has 0 spiro atoms. The molecule has 2 aromatic rings. The lowest BCUT2D eigenvalue weighted by molar-refractivity contribution is -0.116. The number of nitrogens with one attached hydrogen (secondary N) is 1. The summed E-state index contributed by atoms with van der Waals surface area (Å²) in [6, 6.07) is 12.2. The lowest BCUT2D eigenvalue weighted by atomic mass is 10.1. The first kappa shape index (κ1) is 21.6. The average molecular weight is 404 g/mol. The van der Waals surface area contributed by atoms with Gasteiger partial charge < -0.3 is 10.1 Å². The number of anilines is 1. The summed E-state index contributed by atoms with van der Waals surface area (Å²) in [5.41, 5.74) is 3.31. The number of amides is 1. The summed E-state index contributed by atoms with van der Waals surface area (Å²) in [4.78, 5) is 24.2. The van der Waals surface area contributed by atoms with Gasteiger partial charge in [-0.05, 0) is 37.1 Å². The van der Waals surface area contributed by atoms with Crippen molar-refractivity contribution in [2.45, 2.75) is 20.4 Å². The molecule has 150 valence electrons. The van der Waals surface area contributed by atoms with Crippen molar-refractivity contribution in [3.05, 3.63) is 64.7 Å². The molecule has 2 aromatic carbocycles. The molecule has 0 unspecified atom stereocenters. The predicted molar refractivity (Wildman–Crippen MR) is 108 cm³/mol. The molecule has 28 heavy (non-hydrogen) atoms. The summed E-state index contributed by atoms with van der Waals surface area (Å²) in [7, 11) is -2.32. The summed E-state index contributed by atoms with van der Waals surface area (Å²) in [6.45, 7) is 3.47. The van der Waals surface area contributed by atoms with Crippen LogP contribution in [0.2, 0.25) is 0 Å². The Bertz CT molecular complexity index is 969. The summed E-state index contributed by atoms with van der Waals surface area (Å²) >= 11 is 0. The summed E-state index contributed by atoms with van der Waals surface area (Å²) in [5.74, 6) is -1.02. The molecule has 8 heteroatoms. The van der Waals surface area contributed by atoms with Crippen LogP contribution in [-0.4, -0.2) is 44.5 Å². The molecule has 0 aliphatic rings. The van der Waals surface area contributed by atoms with Crippen LogP contribution in [0.3, 0.4) is 0 Å². The molecular weight excluding hydrogens is 380 g/mol. The Morgan fingerprint density at radius 3 is 2.29 bits per heavy atom. The van der Waals surface area contributed by atoms with Crippen LogP contribution < -0.4 is 5.32 Å². The predicted octanol–water partition coefficient (Wildman–Crippen LogP) is 2.49. The van der Waals surface area contributed by atoms with E-state index in [0.717, 1.165) is 27.3 Å². The third kappa shape index (κ3) is 5.90. The van der Waals surface area contributed by atoms with Gasteiger partial charge in [0.2, 0.25) is 15.9 Å². The van der Waals surface area contributed by atoms with Crippen LogP contribution in [0.15, 0.2) is 42.5 Å². The summed E-state index contributed by atoms with van der Waals surface area (Å²) < 4.78 is 30.0. The third-order valence-corrected chi connectivity index (χ3v) is 5.40. The molecule has 1 amide bonds. The fraction of sp³-hybridized carbons (Fsp3) is 0.300. The Morgan fingerprint density at radius 1 is 1.07 bits per heavy atom. The molecule has 0 aliphatic heterocycles. The van der Waals surface area contributed by atoms with Crippen molar-refractivity contribution < 1.29 is 22.7 Å². The van der Waals surface area contributed by atoms with Crippen LogP contribution in [0.4, 0.5) is 5.69 Å². The van der Waals surface area contributed by atoms with E-state index >= 15 is 0 Å². The van der Waals surface area contributed by atoms with Gasteiger partial charge in [-0.3, -0.25) is 4.79 Å². The third-order valence-electron chi connectivity index (χ3n) is 4.20. The van der Waals surface area contributed by atoms with E-state index in [2.05, 4.69) is 10.1 Å². The van der Waals surface area contributed by atoms with Gasteiger partial charge in [-0.2, -0.15) is 4.31 Å². The highest BCUT2D eigenvalue weighted by Gasteiger charge is 2.21. The average Bonchev–Trinajstić information content (AvgIpc) is 2.63. The molecule has 2 rings (SSSR count). The second kappa shape index (κ2) is 8.99. The lowest BCUT2D eigenvalue weighted by Gasteiger charge is -2.20. The van der Waals surface area contributed by atoms with Gasteiger partial charge in [0.15, 0.2) is 0 Å². The van der Waals surface area contributed by atoms with Gasteiger partial charge in [-0.25, -0.2) is 13.2 Å². The number of rotatable bonds is 7. The quantitative estimate of drug-likeness (QED) is 0.716. The number of aryl methyl sites for hydroxylation is 2. The largest absolute Gasteiger partial charge is 0.465 e. The zero-order valence-corrected chi connectivity index (χ0v) is 17.2. The normalized spacial score (nSPS) is 11.3. The maximum absolute atomic E-state index is 12.5. The number of carbonyl (C=O) groups excluding carboxylic acids is 2. The van der Waals surface area contributed by atoms with Crippen molar-refractivity contribution >= 4 is 27.6 Å². The topological polar surface area (TPSA) is 92.8 Å². The molecule has 0 bridgehead atoms. The zero-order valence-electron chi connectivity index (χ0n) is 16.4. The summed E-state index contributed by atoms with van der Waals surface area (Å²) in [6.07, 6.45) is 1.07. The van der Waals surface area contributed by atoms with E-state index in [1.165, 1.54) is 13.2 Å². The highest BCUT2D eigenvalue weighted by molar-refractivity contribution is 7.88. The smallest absolute Gasteiger partial charge is 0.337 e. The lowest BCUT2D eigenvalue weighted by Crippen LogP contribution is -2.37. The highest BCUT2D eigenvalue weighted by Crippen LogP contribution is 2.18. The van der Waals surface area contributed by atoms with Crippen LogP contribution in [-0.2, 0) is 26.1 Å². The first-order chi connectivity index (χ1) is 13.1. The second-order valence-electron chi connectivity index (χ2n) is 6.59. The fourth-order valence-corrected chi connectivity index (χ4v) is 3.27. The molecule has 0 fully saturated rings. The SMILES string of the molecule is COC(=O)c1ccc(C)c(NC(=O)CN(Cc2ccc(C)cc2)S(C)(=O)=O)c1. The molecule has 0 saturated heterocycles. The van der Waals surface area contributed by atoms with E-state index in [0.29, 0.717) is 11.3 Å². The number of nitrogens with zero attached hydrogens (tertiary/aromatic N) is 1. The molecule has 7 nitrogen and oxygen atoms in total. The molecular formula is C20H24N2O5S. The van der Waals surface area contributed by atoms with Gasteiger partial charge in [-0.1, -0.05) is 35.9 Å². The number of methoxy groups -OCH3 is 1. The summed E-state index contributed by atoms with van der Waals surface area (Å²) in [5, 5.41) is 2.67. The van der Waals surface area contributed by atoms with Crippen LogP contribution in [0, 0.1) is 13.8 Å². The van der Waals surface area contributed by atoms with Crippen LogP contribution >= 0.6 is 0 Å². The molecule has 0 radical (unpaired) electrons. The number of carbonyl (C=O) groups is 2. The Kier molecular flexibility index (Phi) is 6.93. The Hall–Kier alpha value is -2.71. The number of sulfonamides is 1. The van der Waals surface area contributed by atoms with Crippen molar-refractivity contribution in [2.75, 3.05) is 25.2 Å². The van der Waals surface area contributed by atoms with E-state index in [1.54, 1.807) is 19.1 Å². The minimum atomic E-state index is -3.60. The van der Waals surface area contributed by atoms with E-state index in [1.807, 2.05) is 31.2 Å². The van der Waals surface area contributed by atoms with Gasteiger partial charge in [0.1, 0.15) is 0 Å². The van der Waals surface area contributed by atoms with Gasteiger partial charge in [0.25, 0.3) is 0 Å². The number of hydrogen-bond acceptors (Lipinski definition) is 5. The maximum Gasteiger partial charge on any atom is 0.337 e. The Labute approximate surface area is 165 Å². The van der Waals surface area contributed by atoms with E-state index in [-0.39, 0.29) is 13.1 Å². The highest BCUT2D eigenvalue weighted by atomic mass is 32.2. The van der Waals surface area contributed by atoms with Crippen LogP contribution in [0.5, 0.6) is 0 Å². The second-order valence-corrected chi connectivity index (χ2v) is 8.57. The molecule has 0 aromatic heterocycles. The van der Waals surface area contributed by atoms with Gasteiger partial charge in [-0.15, -0.1) is 0 Å². The molecule has 0 saturated carbocycles. The number of esters is 1. The zero-order chi connectivity index (χ0) is 20.9. The van der Waals surface area contributed by atoms with Crippen molar-refractivity contribution in [3.8, 4) is 0 Å². The van der Waals surface area contributed by atoms with Gasteiger partial charge in [0, 0.05) is 12.2 Å². The first-order valence-electron chi connectivity index (χ1n) is 8.59. The van der Waals surface area contributed by atoms with Gasteiger partial charge >= 0.3 is 5.97 Å². The maximum atomic E-state index is 12.5.